The van der Waals surface area contributed by atoms with Crippen LogP contribution in [0.1, 0.15) is 5.56 Å². The fraction of sp³-hybridized carbons (Fsp3) is 0.125. The van der Waals surface area contributed by atoms with Crippen LogP contribution in [0.2, 0.25) is 0 Å². The molecule has 34 heavy (non-hydrogen) atoms. The normalized spacial score (nSPS) is 11.2. The largest absolute Gasteiger partial charge is 0.301 e. The number of aryl methyl sites for hydroxylation is 1. The van der Waals surface area contributed by atoms with Crippen molar-refractivity contribution < 1.29 is 4.79 Å². The van der Waals surface area contributed by atoms with Crippen molar-refractivity contribution in [2.45, 2.75) is 18.6 Å². The Balaban J connectivity index is 1.36. The van der Waals surface area contributed by atoms with Gasteiger partial charge in [-0.25, -0.2) is 4.98 Å². The number of hydrogen-bond acceptors (Lipinski definition) is 7. The van der Waals surface area contributed by atoms with Crippen LogP contribution in [0.25, 0.3) is 27.9 Å². The number of anilines is 1. The number of aromatic nitrogens is 5. The summed E-state index contributed by atoms with van der Waals surface area (Å²) in [5.74, 6) is 0.333. The predicted molar refractivity (Wildman–Crippen MR) is 137 cm³/mol. The van der Waals surface area contributed by atoms with Gasteiger partial charge in [-0.3, -0.25) is 18.6 Å². The molecule has 0 radical (unpaired) electrons. The molecule has 2 aromatic carbocycles. The average molecular weight is 489 g/mol. The summed E-state index contributed by atoms with van der Waals surface area (Å²) in [4.78, 5) is 30.0. The SMILES string of the molecule is C=CCn1c(=O)c2ccccc2n2c(SCC(=O)Nc3nc(-c4ccc(C)cc4)cs3)nnc12. The van der Waals surface area contributed by atoms with Gasteiger partial charge < -0.3 is 5.32 Å². The molecule has 1 N–H and O–H groups in total. The Morgan fingerprint density at radius 2 is 1.97 bits per heavy atom. The van der Waals surface area contributed by atoms with Crippen molar-refractivity contribution in [2.24, 2.45) is 0 Å². The third-order valence-corrected chi connectivity index (χ3v) is 6.91. The summed E-state index contributed by atoms with van der Waals surface area (Å²) in [6, 6.07) is 15.4. The molecule has 0 saturated carbocycles. The number of rotatable bonds is 7. The molecule has 8 nitrogen and oxygen atoms in total. The van der Waals surface area contributed by atoms with E-state index in [1.165, 1.54) is 33.2 Å². The fourth-order valence-electron chi connectivity index (χ4n) is 3.59. The molecule has 0 aliphatic heterocycles. The molecule has 10 heteroatoms. The van der Waals surface area contributed by atoms with Crippen LogP contribution >= 0.6 is 23.1 Å². The number of nitrogens with zero attached hydrogens (tertiary/aromatic N) is 5. The lowest BCUT2D eigenvalue weighted by atomic mass is 10.1. The van der Waals surface area contributed by atoms with E-state index in [2.05, 4.69) is 27.1 Å². The lowest BCUT2D eigenvalue weighted by molar-refractivity contribution is -0.113. The minimum absolute atomic E-state index is 0.120. The van der Waals surface area contributed by atoms with Crippen LogP contribution in [-0.2, 0) is 11.3 Å². The lowest BCUT2D eigenvalue weighted by Crippen LogP contribution is -2.22. The zero-order valence-corrected chi connectivity index (χ0v) is 19.9. The minimum atomic E-state index is -0.199. The summed E-state index contributed by atoms with van der Waals surface area (Å²) in [7, 11) is 0. The Hall–Kier alpha value is -3.76. The van der Waals surface area contributed by atoms with Crippen molar-refractivity contribution >= 4 is 50.8 Å². The topological polar surface area (TPSA) is 94.2 Å². The van der Waals surface area contributed by atoms with E-state index in [0.29, 0.717) is 33.5 Å². The molecule has 0 aliphatic carbocycles. The number of amides is 1. The molecule has 3 aromatic heterocycles. The number of para-hydroxylation sites is 1. The average Bonchev–Trinajstić information content (AvgIpc) is 3.48. The Labute approximate surface area is 203 Å². The van der Waals surface area contributed by atoms with Gasteiger partial charge in [-0.05, 0) is 19.1 Å². The fourth-order valence-corrected chi connectivity index (χ4v) is 5.07. The lowest BCUT2D eigenvalue weighted by Gasteiger charge is -2.09. The van der Waals surface area contributed by atoms with Crippen LogP contribution < -0.4 is 10.9 Å². The van der Waals surface area contributed by atoms with Crippen LogP contribution in [0.15, 0.2) is 76.5 Å². The number of fused-ring (bicyclic) bond motifs is 3. The second kappa shape index (κ2) is 9.24. The van der Waals surface area contributed by atoms with Gasteiger partial charge in [-0.2, -0.15) is 0 Å². The van der Waals surface area contributed by atoms with E-state index in [1.54, 1.807) is 16.5 Å². The van der Waals surface area contributed by atoms with Gasteiger partial charge in [-0.15, -0.1) is 28.1 Å². The van der Waals surface area contributed by atoms with Crippen LogP contribution in [0.5, 0.6) is 0 Å². The summed E-state index contributed by atoms with van der Waals surface area (Å²) in [6.45, 7) is 6.08. The van der Waals surface area contributed by atoms with Gasteiger partial charge in [0.25, 0.3) is 5.56 Å². The quantitative estimate of drug-likeness (QED) is 0.270. The molecular formula is C24H20N6O2S2. The Morgan fingerprint density at radius 3 is 2.76 bits per heavy atom. The molecule has 1 amide bonds. The van der Waals surface area contributed by atoms with E-state index in [4.69, 9.17) is 0 Å². The zero-order valence-electron chi connectivity index (χ0n) is 18.3. The highest BCUT2D eigenvalue weighted by molar-refractivity contribution is 7.99. The second-order valence-electron chi connectivity index (χ2n) is 7.58. The molecule has 0 atom stereocenters. The first-order valence-electron chi connectivity index (χ1n) is 10.5. The number of hydrogen-bond donors (Lipinski definition) is 1. The smallest absolute Gasteiger partial charge is 0.263 e. The predicted octanol–water partition coefficient (Wildman–Crippen LogP) is 4.39. The van der Waals surface area contributed by atoms with Gasteiger partial charge in [-0.1, -0.05) is 59.8 Å². The van der Waals surface area contributed by atoms with Crippen molar-refractivity contribution in [1.29, 1.82) is 0 Å². The van der Waals surface area contributed by atoms with Gasteiger partial charge in [0.05, 0.1) is 22.3 Å². The van der Waals surface area contributed by atoms with Gasteiger partial charge in [0.15, 0.2) is 10.3 Å². The van der Waals surface area contributed by atoms with Crippen LogP contribution in [0, 0.1) is 6.92 Å². The summed E-state index contributed by atoms with van der Waals surface area (Å²) >= 11 is 2.63. The third kappa shape index (κ3) is 4.13. The second-order valence-corrected chi connectivity index (χ2v) is 9.38. The first-order valence-corrected chi connectivity index (χ1v) is 12.3. The Kier molecular flexibility index (Phi) is 5.99. The van der Waals surface area contributed by atoms with Gasteiger partial charge >= 0.3 is 0 Å². The highest BCUT2D eigenvalue weighted by atomic mass is 32.2. The monoisotopic (exact) mass is 488 g/mol. The van der Waals surface area contributed by atoms with E-state index >= 15 is 0 Å². The zero-order chi connectivity index (χ0) is 23.7. The van der Waals surface area contributed by atoms with Crippen molar-refractivity contribution in [3.05, 3.63) is 82.5 Å². The molecule has 5 rings (SSSR count). The summed E-state index contributed by atoms with van der Waals surface area (Å²) in [5.41, 5.74) is 3.54. The minimum Gasteiger partial charge on any atom is -0.301 e. The maximum absolute atomic E-state index is 12.9. The van der Waals surface area contributed by atoms with Gasteiger partial charge in [0, 0.05) is 17.5 Å². The molecule has 0 bridgehead atoms. The number of allylic oxidation sites excluding steroid dienone is 1. The Bertz CT molecular complexity index is 1580. The molecule has 0 spiro atoms. The number of nitrogens with one attached hydrogen (secondary N) is 1. The summed E-state index contributed by atoms with van der Waals surface area (Å²) in [6.07, 6.45) is 1.64. The molecule has 3 heterocycles. The number of thioether (sulfide) groups is 1. The molecule has 170 valence electrons. The first-order chi connectivity index (χ1) is 16.5. The van der Waals surface area contributed by atoms with Crippen molar-refractivity contribution in [3.63, 3.8) is 0 Å². The number of benzene rings is 2. The Morgan fingerprint density at radius 1 is 1.18 bits per heavy atom. The maximum atomic E-state index is 12.9. The molecule has 0 aliphatic rings. The number of thiazole rings is 1. The number of carbonyl (C=O) groups excluding carboxylic acids is 1. The summed E-state index contributed by atoms with van der Waals surface area (Å²) < 4.78 is 3.33. The van der Waals surface area contributed by atoms with E-state index in [9.17, 15) is 9.59 Å². The highest BCUT2D eigenvalue weighted by Gasteiger charge is 2.17. The van der Waals surface area contributed by atoms with Crippen LogP contribution in [0.3, 0.4) is 0 Å². The van der Waals surface area contributed by atoms with Crippen molar-refractivity contribution in [1.82, 2.24) is 24.1 Å². The van der Waals surface area contributed by atoms with Crippen molar-refractivity contribution in [3.8, 4) is 11.3 Å². The van der Waals surface area contributed by atoms with Gasteiger partial charge in [0.1, 0.15) is 0 Å². The van der Waals surface area contributed by atoms with E-state index in [1.807, 2.05) is 54.8 Å². The van der Waals surface area contributed by atoms with Crippen LogP contribution in [-0.4, -0.2) is 35.8 Å². The van der Waals surface area contributed by atoms with Crippen molar-refractivity contribution in [2.75, 3.05) is 11.1 Å². The van der Waals surface area contributed by atoms with E-state index in [-0.39, 0.29) is 17.2 Å². The van der Waals surface area contributed by atoms with Gasteiger partial charge in [0.2, 0.25) is 11.7 Å². The first kappa shape index (κ1) is 22.1. The number of carbonyl (C=O) groups is 1. The maximum Gasteiger partial charge on any atom is 0.263 e. The molecule has 0 fully saturated rings. The summed E-state index contributed by atoms with van der Waals surface area (Å²) in [5, 5.41) is 14.9. The van der Waals surface area contributed by atoms with Crippen LogP contribution in [0.4, 0.5) is 5.13 Å². The molecule has 0 saturated heterocycles. The van der Waals surface area contributed by atoms with E-state index < -0.39 is 0 Å². The third-order valence-electron chi connectivity index (χ3n) is 5.22. The highest BCUT2D eigenvalue weighted by Crippen LogP contribution is 2.26. The molecule has 5 aromatic rings. The molecule has 0 unspecified atom stereocenters. The molecular weight excluding hydrogens is 468 g/mol. The van der Waals surface area contributed by atoms with E-state index in [0.717, 1.165) is 11.3 Å². The standard InChI is InChI=1S/C24H20N6O2S2/c1-3-12-29-21(32)17-6-4-5-7-19(17)30-23(29)27-28-24(30)34-14-20(31)26-22-25-18(13-33-22)16-10-8-15(2)9-11-16/h3-11,13H,1,12,14H2,2H3,(H,25,26,31).